The first-order chi connectivity index (χ1) is 9.97. The highest BCUT2D eigenvalue weighted by atomic mass is 16.5. The van der Waals surface area contributed by atoms with Gasteiger partial charge in [0.25, 0.3) is 5.91 Å². The van der Waals surface area contributed by atoms with Crippen LogP contribution in [-0.2, 0) is 4.79 Å². The zero-order valence-corrected chi connectivity index (χ0v) is 12.9. The van der Waals surface area contributed by atoms with Crippen LogP contribution in [0.5, 0.6) is 5.75 Å². The summed E-state index contributed by atoms with van der Waals surface area (Å²) in [5, 5.41) is 2.85. The van der Waals surface area contributed by atoms with Gasteiger partial charge in [-0.2, -0.15) is 0 Å². The highest BCUT2D eigenvalue weighted by Crippen LogP contribution is 2.24. The van der Waals surface area contributed by atoms with Gasteiger partial charge in [-0.25, -0.2) is 4.98 Å². The number of hydrogen-bond acceptors (Lipinski definition) is 3. The molecule has 0 aliphatic rings. The predicted molar refractivity (Wildman–Crippen MR) is 81.3 cm³/mol. The van der Waals surface area contributed by atoms with Crippen molar-refractivity contribution in [3.8, 4) is 5.75 Å². The molecule has 0 bridgehead atoms. The SMILES string of the molecule is Cc1cc(C)c(OCC(=O)NC(C)c2ncc[nH]2)c(C)c1. The van der Waals surface area contributed by atoms with Gasteiger partial charge in [0.05, 0.1) is 6.04 Å². The minimum absolute atomic E-state index is 0.00418. The number of rotatable bonds is 5. The van der Waals surface area contributed by atoms with Gasteiger partial charge >= 0.3 is 0 Å². The summed E-state index contributed by atoms with van der Waals surface area (Å²) >= 11 is 0. The smallest absolute Gasteiger partial charge is 0.258 e. The van der Waals surface area contributed by atoms with Gasteiger partial charge in [0.2, 0.25) is 0 Å². The second-order valence-electron chi connectivity index (χ2n) is 5.28. The molecular formula is C16H21N3O2. The molecular weight excluding hydrogens is 266 g/mol. The van der Waals surface area contributed by atoms with Crippen molar-refractivity contribution in [1.29, 1.82) is 0 Å². The maximum Gasteiger partial charge on any atom is 0.258 e. The quantitative estimate of drug-likeness (QED) is 0.888. The van der Waals surface area contributed by atoms with Crippen LogP contribution in [0.2, 0.25) is 0 Å². The summed E-state index contributed by atoms with van der Waals surface area (Å²) < 4.78 is 5.66. The Labute approximate surface area is 124 Å². The number of aryl methyl sites for hydroxylation is 3. The molecule has 2 rings (SSSR count). The Bertz CT molecular complexity index is 597. The van der Waals surface area contributed by atoms with Gasteiger partial charge in [-0.3, -0.25) is 4.79 Å². The Kier molecular flexibility index (Phi) is 4.62. The van der Waals surface area contributed by atoms with Crippen LogP contribution in [0.15, 0.2) is 24.5 Å². The number of nitrogens with one attached hydrogen (secondary N) is 2. The van der Waals surface area contributed by atoms with Crippen molar-refractivity contribution in [3.63, 3.8) is 0 Å². The molecule has 2 aromatic rings. The molecule has 0 aliphatic heterocycles. The van der Waals surface area contributed by atoms with Crippen LogP contribution in [-0.4, -0.2) is 22.5 Å². The first-order valence-electron chi connectivity index (χ1n) is 6.96. The number of hydrogen-bond donors (Lipinski definition) is 2. The maximum atomic E-state index is 11.9. The van der Waals surface area contributed by atoms with E-state index in [0.29, 0.717) is 0 Å². The van der Waals surface area contributed by atoms with Crippen molar-refractivity contribution in [2.24, 2.45) is 0 Å². The van der Waals surface area contributed by atoms with Crippen LogP contribution in [0.4, 0.5) is 0 Å². The van der Waals surface area contributed by atoms with E-state index in [4.69, 9.17) is 4.74 Å². The molecule has 2 N–H and O–H groups in total. The monoisotopic (exact) mass is 287 g/mol. The summed E-state index contributed by atoms with van der Waals surface area (Å²) in [5.41, 5.74) is 3.27. The van der Waals surface area contributed by atoms with Crippen molar-refractivity contribution >= 4 is 5.91 Å². The van der Waals surface area contributed by atoms with Crippen molar-refractivity contribution in [2.75, 3.05) is 6.61 Å². The van der Waals surface area contributed by atoms with Gasteiger partial charge in [-0.15, -0.1) is 0 Å². The maximum absolute atomic E-state index is 11.9. The molecule has 0 saturated carbocycles. The third-order valence-corrected chi connectivity index (χ3v) is 3.26. The van der Waals surface area contributed by atoms with Gasteiger partial charge in [-0.05, 0) is 38.8 Å². The number of carbonyl (C=O) groups excluding carboxylic acids is 1. The number of aromatic amines is 1. The number of carbonyl (C=O) groups is 1. The number of ether oxygens (including phenoxy) is 1. The van der Waals surface area contributed by atoms with Crippen LogP contribution in [0, 0.1) is 20.8 Å². The molecule has 0 spiro atoms. The predicted octanol–water partition coefficient (Wildman–Crippen LogP) is 2.59. The molecule has 0 saturated heterocycles. The van der Waals surface area contributed by atoms with E-state index in [1.807, 2.05) is 39.8 Å². The molecule has 5 nitrogen and oxygen atoms in total. The number of nitrogens with zero attached hydrogens (tertiary/aromatic N) is 1. The molecule has 1 amide bonds. The molecule has 112 valence electrons. The van der Waals surface area contributed by atoms with Crippen molar-refractivity contribution in [1.82, 2.24) is 15.3 Å². The van der Waals surface area contributed by atoms with Gasteiger partial charge in [-0.1, -0.05) is 17.7 Å². The molecule has 0 aliphatic carbocycles. The summed E-state index contributed by atoms with van der Waals surface area (Å²) in [7, 11) is 0. The molecule has 1 aromatic heterocycles. The highest BCUT2D eigenvalue weighted by molar-refractivity contribution is 5.78. The van der Waals surface area contributed by atoms with E-state index in [1.54, 1.807) is 12.4 Å². The summed E-state index contributed by atoms with van der Waals surface area (Å²) in [6.07, 6.45) is 3.39. The van der Waals surface area contributed by atoms with Crippen LogP contribution < -0.4 is 10.1 Å². The summed E-state index contributed by atoms with van der Waals surface area (Å²) in [6.45, 7) is 7.88. The van der Waals surface area contributed by atoms with Crippen LogP contribution in [0.3, 0.4) is 0 Å². The van der Waals surface area contributed by atoms with Crippen molar-refractivity contribution < 1.29 is 9.53 Å². The second kappa shape index (κ2) is 6.43. The lowest BCUT2D eigenvalue weighted by Gasteiger charge is -2.15. The lowest BCUT2D eigenvalue weighted by Crippen LogP contribution is -2.31. The number of imidazole rings is 1. The first kappa shape index (κ1) is 15.1. The fraction of sp³-hybridized carbons (Fsp3) is 0.375. The van der Waals surface area contributed by atoms with Gasteiger partial charge < -0.3 is 15.0 Å². The summed E-state index contributed by atoms with van der Waals surface area (Å²) in [4.78, 5) is 19.0. The van der Waals surface area contributed by atoms with Gasteiger partial charge in [0.1, 0.15) is 11.6 Å². The van der Waals surface area contributed by atoms with E-state index >= 15 is 0 Å². The Hall–Kier alpha value is -2.30. The van der Waals surface area contributed by atoms with E-state index in [-0.39, 0.29) is 18.6 Å². The number of H-pyrrole nitrogens is 1. The molecule has 21 heavy (non-hydrogen) atoms. The zero-order valence-electron chi connectivity index (χ0n) is 12.9. The number of amides is 1. The van der Waals surface area contributed by atoms with E-state index in [1.165, 1.54) is 5.56 Å². The third kappa shape index (κ3) is 3.84. The van der Waals surface area contributed by atoms with Gasteiger partial charge in [0, 0.05) is 12.4 Å². The summed E-state index contributed by atoms with van der Waals surface area (Å²) in [6, 6.07) is 3.92. The number of aromatic nitrogens is 2. The van der Waals surface area contributed by atoms with E-state index < -0.39 is 0 Å². The van der Waals surface area contributed by atoms with Gasteiger partial charge in [0.15, 0.2) is 6.61 Å². The minimum Gasteiger partial charge on any atom is -0.483 e. The molecule has 0 fully saturated rings. The van der Waals surface area contributed by atoms with E-state index in [2.05, 4.69) is 15.3 Å². The lowest BCUT2D eigenvalue weighted by atomic mass is 10.1. The number of benzene rings is 1. The fourth-order valence-electron chi connectivity index (χ4n) is 2.40. The van der Waals surface area contributed by atoms with Crippen LogP contribution in [0.1, 0.15) is 35.5 Å². The zero-order chi connectivity index (χ0) is 15.4. The Morgan fingerprint density at radius 1 is 1.33 bits per heavy atom. The molecule has 1 aromatic carbocycles. The topological polar surface area (TPSA) is 67.0 Å². The standard InChI is InChI=1S/C16H21N3O2/c1-10-7-11(2)15(12(3)8-10)21-9-14(20)19-13(4)16-17-5-6-18-16/h5-8,13H,9H2,1-4H3,(H,17,18)(H,19,20). The Balaban J connectivity index is 1.93. The second-order valence-corrected chi connectivity index (χ2v) is 5.28. The molecule has 1 unspecified atom stereocenters. The Morgan fingerprint density at radius 2 is 2.00 bits per heavy atom. The largest absolute Gasteiger partial charge is 0.483 e. The molecule has 1 atom stereocenters. The first-order valence-corrected chi connectivity index (χ1v) is 6.96. The molecule has 0 radical (unpaired) electrons. The minimum atomic E-state index is -0.170. The van der Waals surface area contributed by atoms with Crippen molar-refractivity contribution in [2.45, 2.75) is 33.7 Å². The lowest BCUT2D eigenvalue weighted by molar-refractivity contribution is -0.123. The normalized spacial score (nSPS) is 12.0. The van der Waals surface area contributed by atoms with Crippen LogP contribution >= 0.6 is 0 Å². The van der Waals surface area contributed by atoms with E-state index in [9.17, 15) is 4.79 Å². The summed E-state index contributed by atoms with van der Waals surface area (Å²) in [5.74, 6) is 1.34. The van der Waals surface area contributed by atoms with E-state index in [0.717, 1.165) is 22.7 Å². The molecule has 5 heteroatoms. The third-order valence-electron chi connectivity index (χ3n) is 3.26. The van der Waals surface area contributed by atoms with Crippen molar-refractivity contribution in [3.05, 3.63) is 47.0 Å². The highest BCUT2D eigenvalue weighted by Gasteiger charge is 2.13. The molecule has 1 heterocycles. The fourth-order valence-corrected chi connectivity index (χ4v) is 2.40. The Morgan fingerprint density at radius 3 is 2.57 bits per heavy atom. The van der Waals surface area contributed by atoms with Crippen LogP contribution in [0.25, 0.3) is 0 Å². The average molecular weight is 287 g/mol. The average Bonchev–Trinajstić information content (AvgIpc) is 2.91.